The van der Waals surface area contributed by atoms with Gasteiger partial charge in [-0.2, -0.15) is 26.3 Å². The van der Waals surface area contributed by atoms with Crippen molar-refractivity contribution >= 4 is 23.5 Å². The summed E-state index contributed by atoms with van der Waals surface area (Å²) in [6, 6.07) is 16.6. The van der Waals surface area contributed by atoms with E-state index in [0.717, 1.165) is 24.3 Å². The van der Waals surface area contributed by atoms with Gasteiger partial charge in [-0.05, 0) is 24.3 Å². The van der Waals surface area contributed by atoms with Gasteiger partial charge in [-0.3, -0.25) is 14.9 Å². The molecule has 0 saturated carbocycles. The van der Waals surface area contributed by atoms with Crippen LogP contribution in [0.3, 0.4) is 0 Å². The maximum absolute atomic E-state index is 13.8. The van der Waals surface area contributed by atoms with Crippen molar-refractivity contribution in [1.82, 2.24) is 15.3 Å². The third kappa shape index (κ3) is 5.74. The molecule has 43 heavy (non-hydrogen) atoms. The van der Waals surface area contributed by atoms with E-state index in [1.165, 1.54) is 48.2 Å². The van der Waals surface area contributed by atoms with Crippen LogP contribution in [0, 0.1) is 0 Å². The van der Waals surface area contributed by atoms with Crippen LogP contribution in [-0.2, 0) is 21.9 Å². The summed E-state index contributed by atoms with van der Waals surface area (Å²) in [4.78, 5) is 37.0. The minimum absolute atomic E-state index is 0.0366. The first-order valence-corrected chi connectivity index (χ1v) is 12.8. The molecule has 2 aromatic carbocycles. The van der Waals surface area contributed by atoms with Gasteiger partial charge < -0.3 is 9.80 Å². The Morgan fingerprint density at radius 1 is 0.581 bits per heavy atom. The van der Waals surface area contributed by atoms with E-state index in [4.69, 9.17) is 0 Å². The Kier molecular flexibility index (Phi) is 7.59. The van der Waals surface area contributed by atoms with E-state index in [1.807, 2.05) is 0 Å². The monoisotopic (exact) mass is 599 g/mol. The lowest BCUT2D eigenvalue weighted by Gasteiger charge is -2.33. The van der Waals surface area contributed by atoms with E-state index >= 15 is 0 Å². The number of anilines is 2. The zero-order valence-corrected chi connectivity index (χ0v) is 22.6. The molecule has 5 rings (SSSR count). The Morgan fingerprint density at radius 3 is 1.26 bits per heavy atom. The number of nitrogens with one attached hydrogen (secondary N) is 1. The smallest absolute Gasteiger partial charge is 0.345 e. The zero-order valence-electron chi connectivity index (χ0n) is 22.6. The molecule has 1 fully saturated rings. The van der Waals surface area contributed by atoms with Gasteiger partial charge in [-0.1, -0.05) is 60.7 Å². The minimum atomic E-state index is -4.72. The Labute approximate surface area is 241 Å². The molecule has 2 aromatic heterocycles. The number of hydrogen-bond acceptors (Lipinski definition) is 6. The average Bonchev–Trinajstić information content (AvgIpc) is 3.28. The molecule has 2 atom stereocenters. The van der Waals surface area contributed by atoms with Crippen LogP contribution in [0.15, 0.2) is 84.9 Å². The molecule has 3 heterocycles. The third-order valence-electron chi connectivity index (χ3n) is 7.11. The molecular weight excluding hydrogens is 576 g/mol. The number of alkyl halides is 6. The molecule has 1 aliphatic heterocycles. The van der Waals surface area contributed by atoms with Gasteiger partial charge in [0.1, 0.15) is 23.7 Å². The lowest BCUT2D eigenvalue weighted by Crippen LogP contribution is -2.52. The number of imide groups is 1. The number of benzene rings is 2. The summed E-state index contributed by atoms with van der Waals surface area (Å²) < 4.78 is 83.1. The van der Waals surface area contributed by atoms with E-state index in [2.05, 4.69) is 15.3 Å². The second-order valence-corrected chi connectivity index (χ2v) is 9.82. The molecule has 0 aliphatic carbocycles. The normalized spacial score (nSPS) is 17.1. The molecule has 2 amide bonds. The number of amides is 2. The van der Waals surface area contributed by atoms with Gasteiger partial charge in [0, 0.05) is 25.2 Å². The summed E-state index contributed by atoms with van der Waals surface area (Å²) in [7, 11) is 2.78. The van der Waals surface area contributed by atoms with Crippen molar-refractivity contribution in [3.8, 4) is 22.5 Å². The predicted molar refractivity (Wildman–Crippen MR) is 147 cm³/mol. The fourth-order valence-corrected chi connectivity index (χ4v) is 5.00. The van der Waals surface area contributed by atoms with Gasteiger partial charge in [0.25, 0.3) is 11.8 Å². The van der Waals surface area contributed by atoms with Crippen molar-refractivity contribution in [2.75, 3.05) is 23.9 Å². The van der Waals surface area contributed by atoms with Gasteiger partial charge in [-0.25, -0.2) is 9.97 Å². The summed E-state index contributed by atoms with van der Waals surface area (Å²) in [5, 5.41) is 2.21. The summed E-state index contributed by atoms with van der Waals surface area (Å²) in [5.41, 5.74) is -2.34. The van der Waals surface area contributed by atoms with E-state index < -0.39 is 47.4 Å². The number of pyridine rings is 2. The van der Waals surface area contributed by atoms with Crippen molar-refractivity contribution in [1.29, 1.82) is 0 Å². The quantitative estimate of drug-likeness (QED) is 0.223. The van der Waals surface area contributed by atoms with E-state index in [1.54, 1.807) is 36.4 Å². The van der Waals surface area contributed by atoms with Gasteiger partial charge in [0.2, 0.25) is 0 Å². The summed E-state index contributed by atoms with van der Waals surface area (Å²) >= 11 is 0. The average molecular weight is 600 g/mol. The highest BCUT2D eigenvalue weighted by atomic mass is 19.4. The minimum Gasteiger partial charge on any atom is -0.345 e. The van der Waals surface area contributed by atoms with Gasteiger partial charge in [0.05, 0.1) is 22.5 Å². The second-order valence-electron chi connectivity index (χ2n) is 9.82. The standard InChI is InChI=1S/C30H23F6N5O2/c1-40(21-15-13-19(29(31,32)33)23(37-21)17-9-5-3-6-10-17)25-26(28(43)39-27(25)42)41(2)22-16-14-20(30(34,35)36)24(38-22)18-11-7-4-8-12-18/h3-16,25-26H,1-2H3,(H,39,42,43). The molecule has 7 nitrogen and oxygen atoms in total. The van der Waals surface area contributed by atoms with E-state index in [0.29, 0.717) is 0 Å². The molecule has 13 heteroatoms. The number of nitrogens with zero attached hydrogens (tertiary/aromatic N) is 4. The van der Waals surface area contributed by atoms with Gasteiger partial charge >= 0.3 is 12.4 Å². The van der Waals surface area contributed by atoms with Gasteiger partial charge in [-0.15, -0.1) is 0 Å². The third-order valence-corrected chi connectivity index (χ3v) is 7.11. The Balaban J connectivity index is 1.55. The van der Waals surface area contributed by atoms with Crippen LogP contribution in [-0.4, -0.2) is 48.0 Å². The fourth-order valence-electron chi connectivity index (χ4n) is 5.00. The van der Waals surface area contributed by atoms with Crippen LogP contribution in [0.2, 0.25) is 0 Å². The van der Waals surface area contributed by atoms with Gasteiger partial charge in [0.15, 0.2) is 0 Å². The number of likely N-dealkylation sites (N-methyl/N-ethyl adjacent to an activating group) is 2. The first-order valence-electron chi connectivity index (χ1n) is 12.8. The molecule has 2 unspecified atom stereocenters. The molecule has 222 valence electrons. The van der Waals surface area contributed by atoms with Crippen molar-refractivity contribution in [3.05, 3.63) is 96.1 Å². The SMILES string of the molecule is CN(c1ccc(C(F)(F)F)c(-c2ccccc2)n1)C1C(=O)NC(=O)C1N(C)c1ccc(C(F)(F)F)c(-c2ccccc2)n1. The first-order chi connectivity index (χ1) is 20.3. The lowest BCUT2D eigenvalue weighted by atomic mass is 10.0. The van der Waals surface area contributed by atoms with Crippen LogP contribution in [0.1, 0.15) is 11.1 Å². The van der Waals surface area contributed by atoms with Crippen LogP contribution in [0.4, 0.5) is 38.0 Å². The molecule has 1 saturated heterocycles. The number of aromatic nitrogens is 2. The summed E-state index contributed by atoms with van der Waals surface area (Å²) in [6.45, 7) is 0. The number of hydrogen-bond donors (Lipinski definition) is 1. The maximum atomic E-state index is 13.8. The maximum Gasteiger partial charge on any atom is 0.418 e. The van der Waals surface area contributed by atoms with Crippen molar-refractivity contribution in [3.63, 3.8) is 0 Å². The fraction of sp³-hybridized carbons (Fsp3) is 0.200. The molecule has 1 aliphatic rings. The number of halogens is 6. The highest BCUT2D eigenvalue weighted by molar-refractivity contribution is 6.11. The molecule has 4 aromatic rings. The number of carbonyl (C=O) groups is 2. The summed E-state index contributed by atoms with van der Waals surface area (Å²) in [6.07, 6.45) is -9.44. The van der Waals surface area contributed by atoms with E-state index in [9.17, 15) is 35.9 Å². The Morgan fingerprint density at radius 2 is 0.930 bits per heavy atom. The van der Waals surface area contributed by atoms with Crippen LogP contribution < -0.4 is 15.1 Å². The predicted octanol–water partition coefficient (Wildman–Crippen LogP) is 5.81. The van der Waals surface area contributed by atoms with Crippen molar-refractivity contribution in [2.24, 2.45) is 0 Å². The molecule has 0 bridgehead atoms. The van der Waals surface area contributed by atoms with E-state index in [-0.39, 0.29) is 34.2 Å². The molecule has 0 radical (unpaired) electrons. The van der Waals surface area contributed by atoms with Crippen molar-refractivity contribution in [2.45, 2.75) is 24.4 Å². The zero-order chi connectivity index (χ0) is 31.1. The second kappa shape index (κ2) is 11.0. The van der Waals surface area contributed by atoms with Crippen LogP contribution in [0.5, 0.6) is 0 Å². The topological polar surface area (TPSA) is 78.4 Å². The number of carbonyl (C=O) groups excluding carboxylic acids is 2. The molecular formula is C30H23F6N5O2. The highest BCUT2D eigenvalue weighted by Gasteiger charge is 2.48. The van der Waals surface area contributed by atoms with Crippen LogP contribution in [0.25, 0.3) is 22.5 Å². The largest absolute Gasteiger partial charge is 0.418 e. The van der Waals surface area contributed by atoms with Crippen LogP contribution >= 0.6 is 0 Å². The first kappa shape index (κ1) is 29.5. The van der Waals surface area contributed by atoms with Crippen molar-refractivity contribution < 1.29 is 35.9 Å². The lowest BCUT2D eigenvalue weighted by molar-refractivity contribution is -0.138. The number of rotatable bonds is 6. The Bertz CT molecular complexity index is 1540. The highest BCUT2D eigenvalue weighted by Crippen LogP contribution is 2.39. The Hall–Kier alpha value is -4.94. The summed E-state index contributed by atoms with van der Waals surface area (Å²) in [5.74, 6) is -1.60. The molecule has 0 spiro atoms. The molecule has 1 N–H and O–H groups in total.